The molecule has 0 aromatic carbocycles. The summed E-state index contributed by atoms with van der Waals surface area (Å²) in [5, 5.41) is 8.39. The zero-order valence-electron chi connectivity index (χ0n) is 4.87. The first-order chi connectivity index (χ1) is 4.75. The third kappa shape index (κ3) is 1.13. The van der Waals surface area contributed by atoms with E-state index in [2.05, 4.69) is 4.98 Å². The Morgan fingerprint density at radius 1 is 1.90 bits per heavy atom. The van der Waals surface area contributed by atoms with Crippen LogP contribution in [0.15, 0.2) is 5.51 Å². The van der Waals surface area contributed by atoms with Crippen molar-refractivity contribution in [3.05, 3.63) is 16.1 Å². The van der Waals surface area contributed by atoms with Gasteiger partial charge in [-0.25, -0.2) is 14.2 Å². The smallest absolute Gasteiger partial charge is 0.347 e. The predicted molar refractivity (Wildman–Crippen MR) is 33.9 cm³/mol. The standard InChI is InChI=1S/C5H4FNO2S/c6-1-3-4(5(8)9)10-2-7-3/h2H,1H2,(H,8,9). The van der Waals surface area contributed by atoms with E-state index in [-0.39, 0.29) is 10.6 Å². The molecule has 54 valence electrons. The summed E-state index contributed by atoms with van der Waals surface area (Å²) < 4.78 is 11.9. The summed E-state index contributed by atoms with van der Waals surface area (Å²) in [6.07, 6.45) is 0. The van der Waals surface area contributed by atoms with E-state index in [9.17, 15) is 9.18 Å². The number of aromatic carboxylic acids is 1. The number of halogens is 1. The molecule has 3 nitrogen and oxygen atoms in total. The van der Waals surface area contributed by atoms with Crippen LogP contribution in [0.25, 0.3) is 0 Å². The zero-order valence-corrected chi connectivity index (χ0v) is 5.69. The van der Waals surface area contributed by atoms with Crippen LogP contribution in [-0.2, 0) is 6.67 Å². The van der Waals surface area contributed by atoms with E-state index in [0.29, 0.717) is 0 Å². The molecule has 0 amide bonds. The van der Waals surface area contributed by atoms with Gasteiger partial charge in [-0.15, -0.1) is 11.3 Å². The van der Waals surface area contributed by atoms with Crippen LogP contribution in [-0.4, -0.2) is 16.1 Å². The number of aromatic nitrogens is 1. The lowest BCUT2D eigenvalue weighted by Crippen LogP contribution is -1.96. The van der Waals surface area contributed by atoms with E-state index < -0.39 is 12.6 Å². The number of hydrogen-bond donors (Lipinski definition) is 1. The molecule has 0 radical (unpaired) electrons. The summed E-state index contributed by atoms with van der Waals surface area (Å²) in [6.45, 7) is -0.814. The quantitative estimate of drug-likeness (QED) is 0.711. The Kier molecular flexibility index (Phi) is 1.96. The van der Waals surface area contributed by atoms with Crippen molar-refractivity contribution in [2.75, 3.05) is 0 Å². The molecular formula is C5H4FNO2S. The van der Waals surface area contributed by atoms with E-state index >= 15 is 0 Å². The molecule has 0 fully saturated rings. The second-order valence-corrected chi connectivity index (χ2v) is 2.42. The molecule has 0 saturated carbocycles. The number of nitrogens with zero attached hydrogens (tertiary/aromatic N) is 1. The summed E-state index contributed by atoms with van der Waals surface area (Å²) in [5.74, 6) is -1.12. The molecule has 0 saturated heterocycles. The highest BCUT2D eigenvalue weighted by Crippen LogP contribution is 2.13. The number of carboxylic acids is 1. The molecule has 0 aliphatic rings. The topological polar surface area (TPSA) is 50.2 Å². The molecule has 0 bridgehead atoms. The maximum Gasteiger partial charge on any atom is 0.347 e. The van der Waals surface area contributed by atoms with E-state index in [4.69, 9.17) is 5.11 Å². The van der Waals surface area contributed by atoms with Gasteiger partial charge in [0.1, 0.15) is 11.6 Å². The molecule has 5 heteroatoms. The largest absolute Gasteiger partial charge is 0.477 e. The lowest BCUT2D eigenvalue weighted by Gasteiger charge is -1.87. The van der Waals surface area contributed by atoms with Crippen LogP contribution >= 0.6 is 11.3 Å². The number of rotatable bonds is 2. The van der Waals surface area contributed by atoms with Gasteiger partial charge in [0.25, 0.3) is 0 Å². The Morgan fingerprint density at radius 2 is 2.60 bits per heavy atom. The highest BCUT2D eigenvalue weighted by molar-refractivity contribution is 7.11. The Morgan fingerprint density at radius 3 is 3.00 bits per heavy atom. The zero-order chi connectivity index (χ0) is 7.56. The fraction of sp³-hybridized carbons (Fsp3) is 0.200. The molecule has 1 aromatic rings. The molecule has 0 aliphatic heterocycles. The Balaban J connectivity index is 3.01. The fourth-order valence-electron chi connectivity index (χ4n) is 0.538. The van der Waals surface area contributed by atoms with Gasteiger partial charge in [-0.05, 0) is 0 Å². The van der Waals surface area contributed by atoms with Crippen molar-refractivity contribution in [3.8, 4) is 0 Å². The number of hydrogen-bond acceptors (Lipinski definition) is 3. The maximum absolute atomic E-state index is 11.9. The van der Waals surface area contributed by atoms with Crippen LogP contribution in [0.4, 0.5) is 4.39 Å². The van der Waals surface area contributed by atoms with Crippen molar-refractivity contribution in [1.82, 2.24) is 4.98 Å². The molecule has 10 heavy (non-hydrogen) atoms. The third-order valence-corrected chi connectivity index (χ3v) is 1.82. The van der Waals surface area contributed by atoms with Gasteiger partial charge in [-0.1, -0.05) is 0 Å². The van der Waals surface area contributed by atoms with Gasteiger partial charge in [0.2, 0.25) is 0 Å². The number of thiazole rings is 1. The maximum atomic E-state index is 11.9. The van der Waals surface area contributed by atoms with Gasteiger partial charge >= 0.3 is 5.97 Å². The van der Waals surface area contributed by atoms with Gasteiger partial charge in [0.05, 0.1) is 11.2 Å². The van der Waals surface area contributed by atoms with Gasteiger partial charge < -0.3 is 5.11 Å². The summed E-state index contributed by atoms with van der Waals surface area (Å²) in [5.41, 5.74) is 1.33. The molecule has 0 aliphatic carbocycles. The van der Waals surface area contributed by atoms with Crippen LogP contribution in [0, 0.1) is 0 Å². The van der Waals surface area contributed by atoms with Crippen LogP contribution in [0.5, 0.6) is 0 Å². The predicted octanol–water partition coefficient (Wildman–Crippen LogP) is 1.31. The van der Waals surface area contributed by atoms with Crippen molar-refractivity contribution >= 4 is 17.3 Å². The Hall–Kier alpha value is -0.970. The highest BCUT2D eigenvalue weighted by Gasteiger charge is 2.11. The molecule has 0 atom stereocenters. The molecule has 0 unspecified atom stereocenters. The minimum Gasteiger partial charge on any atom is -0.477 e. The second kappa shape index (κ2) is 2.74. The fourth-order valence-corrected chi connectivity index (χ4v) is 1.17. The highest BCUT2D eigenvalue weighted by atomic mass is 32.1. The lowest BCUT2D eigenvalue weighted by atomic mass is 10.4. The summed E-state index contributed by atoms with van der Waals surface area (Å²) in [7, 11) is 0. The third-order valence-electron chi connectivity index (χ3n) is 0.962. The molecular weight excluding hydrogens is 157 g/mol. The summed E-state index contributed by atoms with van der Waals surface area (Å²) in [4.78, 5) is 13.8. The molecule has 1 rings (SSSR count). The van der Waals surface area contributed by atoms with Crippen molar-refractivity contribution in [2.24, 2.45) is 0 Å². The number of carboxylic acid groups (broad SMARTS) is 1. The van der Waals surface area contributed by atoms with Gasteiger partial charge in [-0.3, -0.25) is 0 Å². The van der Waals surface area contributed by atoms with Gasteiger partial charge in [0.15, 0.2) is 0 Å². The van der Waals surface area contributed by atoms with Crippen LogP contribution in [0.3, 0.4) is 0 Å². The average Bonchev–Trinajstić information content (AvgIpc) is 2.33. The van der Waals surface area contributed by atoms with Crippen LogP contribution < -0.4 is 0 Å². The van der Waals surface area contributed by atoms with E-state index in [0.717, 1.165) is 11.3 Å². The SMILES string of the molecule is O=C(O)c1scnc1CF. The van der Waals surface area contributed by atoms with Crippen molar-refractivity contribution in [1.29, 1.82) is 0 Å². The van der Waals surface area contributed by atoms with E-state index in [1.165, 1.54) is 5.51 Å². The first-order valence-electron chi connectivity index (χ1n) is 2.47. The van der Waals surface area contributed by atoms with Gasteiger partial charge in [-0.2, -0.15) is 0 Å². The van der Waals surface area contributed by atoms with Gasteiger partial charge in [0, 0.05) is 0 Å². The monoisotopic (exact) mass is 161 g/mol. The summed E-state index contributed by atoms with van der Waals surface area (Å²) in [6, 6.07) is 0. The average molecular weight is 161 g/mol. The molecule has 1 heterocycles. The lowest BCUT2D eigenvalue weighted by molar-refractivity contribution is 0.0700. The molecule has 1 N–H and O–H groups in total. The summed E-state index contributed by atoms with van der Waals surface area (Å²) >= 11 is 0.932. The van der Waals surface area contributed by atoms with E-state index in [1.807, 2.05) is 0 Å². The van der Waals surface area contributed by atoms with Crippen molar-refractivity contribution < 1.29 is 14.3 Å². The first kappa shape index (κ1) is 7.14. The minimum absolute atomic E-state index is 0.0116. The Labute approximate surface area is 60.1 Å². The normalized spacial score (nSPS) is 9.70. The van der Waals surface area contributed by atoms with Crippen LogP contribution in [0.2, 0.25) is 0 Å². The van der Waals surface area contributed by atoms with Crippen molar-refractivity contribution in [3.63, 3.8) is 0 Å². The minimum atomic E-state index is -1.12. The first-order valence-corrected chi connectivity index (χ1v) is 3.35. The number of carbonyl (C=O) groups is 1. The Bertz CT molecular complexity index is 248. The molecule has 0 spiro atoms. The van der Waals surface area contributed by atoms with E-state index in [1.54, 1.807) is 0 Å². The molecule has 1 aromatic heterocycles. The van der Waals surface area contributed by atoms with Crippen molar-refractivity contribution in [2.45, 2.75) is 6.67 Å². The second-order valence-electron chi connectivity index (χ2n) is 1.57. The van der Waals surface area contributed by atoms with Crippen LogP contribution in [0.1, 0.15) is 15.4 Å². The number of alkyl halides is 1.